The Bertz CT molecular complexity index is 971. The van der Waals surface area contributed by atoms with Crippen molar-refractivity contribution in [1.29, 1.82) is 0 Å². The number of thiazole rings is 1. The lowest BCUT2D eigenvalue weighted by molar-refractivity contribution is -0.130. The summed E-state index contributed by atoms with van der Waals surface area (Å²) in [4.78, 5) is 41.6. The van der Waals surface area contributed by atoms with E-state index in [1.54, 1.807) is 13.8 Å². The molecule has 0 unspecified atom stereocenters. The van der Waals surface area contributed by atoms with Gasteiger partial charge < -0.3 is 20.1 Å². The minimum absolute atomic E-state index is 0.00578. The summed E-state index contributed by atoms with van der Waals surface area (Å²) in [5.74, 6) is 0.685. The first-order valence-corrected chi connectivity index (χ1v) is 9.51. The number of carbonyl (C=O) groups is 3. The van der Waals surface area contributed by atoms with E-state index < -0.39 is 11.6 Å². The van der Waals surface area contributed by atoms with E-state index in [4.69, 9.17) is 9.47 Å². The average Bonchev–Trinajstić information content (AvgIpc) is 3.33. The van der Waals surface area contributed by atoms with E-state index in [1.807, 2.05) is 23.6 Å². The summed E-state index contributed by atoms with van der Waals surface area (Å²) in [7, 11) is 0. The molecule has 0 atom stereocenters. The van der Waals surface area contributed by atoms with Crippen molar-refractivity contribution in [3.63, 3.8) is 0 Å². The zero-order chi connectivity index (χ0) is 19.9. The number of fused-ring (bicyclic) bond motifs is 1. The van der Waals surface area contributed by atoms with Gasteiger partial charge in [0.1, 0.15) is 5.54 Å². The van der Waals surface area contributed by atoms with E-state index >= 15 is 0 Å². The molecule has 28 heavy (non-hydrogen) atoms. The molecule has 4 rings (SSSR count). The number of anilines is 1. The lowest BCUT2D eigenvalue weighted by atomic mass is 10.1. The first-order valence-electron chi connectivity index (χ1n) is 8.63. The number of hydrogen-bond donors (Lipinski definition) is 2. The number of hydrogen-bond acceptors (Lipinski definition) is 7. The van der Waals surface area contributed by atoms with Gasteiger partial charge in [0.2, 0.25) is 12.7 Å². The van der Waals surface area contributed by atoms with Crippen LogP contribution in [0.4, 0.5) is 9.93 Å². The smallest absolute Gasteiger partial charge is 0.325 e. The van der Waals surface area contributed by atoms with E-state index in [9.17, 15) is 14.4 Å². The Morgan fingerprint density at radius 1 is 1.32 bits per heavy atom. The summed E-state index contributed by atoms with van der Waals surface area (Å²) in [6, 6.07) is 5.03. The second-order valence-electron chi connectivity index (χ2n) is 6.92. The predicted octanol–water partition coefficient (Wildman–Crippen LogP) is 2.20. The third kappa shape index (κ3) is 3.38. The molecule has 2 aliphatic rings. The molecule has 1 saturated heterocycles. The number of ether oxygens (including phenoxy) is 2. The quantitative estimate of drug-likeness (QED) is 0.742. The molecule has 1 fully saturated rings. The van der Waals surface area contributed by atoms with Crippen LogP contribution in [0.1, 0.15) is 20.3 Å². The Morgan fingerprint density at radius 3 is 2.86 bits per heavy atom. The van der Waals surface area contributed by atoms with Gasteiger partial charge in [-0.25, -0.2) is 9.78 Å². The summed E-state index contributed by atoms with van der Waals surface area (Å²) in [6.45, 7) is 3.47. The molecule has 0 bridgehead atoms. The summed E-state index contributed by atoms with van der Waals surface area (Å²) in [6.07, 6.45) is -0.00578. The third-order valence-corrected chi connectivity index (χ3v) is 5.18. The maximum Gasteiger partial charge on any atom is 0.325 e. The fraction of sp³-hybridized carbons (Fsp3) is 0.333. The van der Waals surface area contributed by atoms with Gasteiger partial charge in [0.25, 0.3) is 5.91 Å². The Balaban J connectivity index is 1.36. The van der Waals surface area contributed by atoms with Crippen LogP contribution in [0.5, 0.6) is 11.5 Å². The van der Waals surface area contributed by atoms with Crippen LogP contribution in [0.25, 0.3) is 11.3 Å². The van der Waals surface area contributed by atoms with Crippen molar-refractivity contribution in [2.24, 2.45) is 0 Å². The van der Waals surface area contributed by atoms with Crippen molar-refractivity contribution in [1.82, 2.24) is 15.2 Å². The van der Waals surface area contributed by atoms with Crippen LogP contribution >= 0.6 is 11.3 Å². The highest BCUT2D eigenvalue weighted by Gasteiger charge is 2.44. The molecule has 0 aliphatic carbocycles. The molecule has 146 valence electrons. The van der Waals surface area contributed by atoms with E-state index in [2.05, 4.69) is 15.6 Å². The highest BCUT2D eigenvalue weighted by atomic mass is 32.1. The van der Waals surface area contributed by atoms with Gasteiger partial charge in [-0.3, -0.25) is 14.5 Å². The normalized spacial score (nSPS) is 17.0. The summed E-state index contributed by atoms with van der Waals surface area (Å²) in [5, 5.41) is 7.55. The maximum absolute atomic E-state index is 12.2. The second kappa shape index (κ2) is 6.79. The van der Waals surface area contributed by atoms with E-state index in [0.29, 0.717) is 22.3 Å². The van der Waals surface area contributed by atoms with Gasteiger partial charge in [0, 0.05) is 23.9 Å². The zero-order valence-corrected chi connectivity index (χ0v) is 16.1. The number of benzene rings is 1. The molecule has 2 N–H and O–H groups in total. The molecule has 1 aromatic heterocycles. The summed E-state index contributed by atoms with van der Waals surface area (Å²) < 4.78 is 10.7. The van der Waals surface area contributed by atoms with Crippen LogP contribution in [0, 0.1) is 0 Å². The maximum atomic E-state index is 12.2. The topological polar surface area (TPSA) is 110 Å². The molecule has 0 spiro atoms. The molecule has 0 radical (unpaired) electrons. The average molecular weight is 402 g/mol. The van der Waals surface area contributed by atoms with Gasteiger partial charge in [-0.15, -0.1) is 11.3 Å². The Labute approximate surface area is 164 Å². The molecule has 3 heterocycles. The van der Waals surface area contributed by atoms with Gasteiger partial charge in [0.15, 0.2) is 16.6 Å². The Kier molecular flexibility index (Phi) is 4.42. The standard InChI is InChI=1S/C18H18N4O5S/c1-18(2)15(24)22(17(25)21-18)6-5-14(23)20-16-19-11(8-28-16)10-3-4-12-13(7-10)27-9-26-12/h3-4,7-8H,5-6,9H2,1-2H3,(H,21,25)(H,19,20,23). The molecule has 10 heteroatoms. The summed E-state index contributed by atoms with van der Waals surface area (Å²) in [5.41, 5.74) is 0.611. The first-order chi connectivity index (χ1) is 13.3. The van der Waals surface area contributed by atoms with Crippen LogP contribution in [0.3, 0.4) is 0 Å². The second-order valence-corrected chi connectivity index (χ2v) is 7.77. The molecule has 4 amide bonds. The lowest BCUT2D eigenvalue weighted by Crippen LogP contribution is -2.40. The van der Waals surface area contributed by atoms with Crippen LogP contribution in [0.15, 0.2) is 23.6 Å². The van der Waals surface area contributed by atoms with Gasteiger partial charge in [-0.2, -0.15) is 0 Å². The van der Waals surface area contributed by atoms with Gasteiger partial charge >= 0.3 is 6.03 Å². The largest absolute Gasteiger partial charge is 0.454 e. The predicted molar refractivity (Wildman–Crippen MR) is 101 cm³/mol. The number of urea groups is 1. The lowest BCUT2D eigenvalue weighted by Gasteiger charge is -2.15. The minimum atomic E-state index is -0.942. The number of amides is 4. The van der Waals surface area contributed by atoms with Crippen LogP contribution in [0.2, 0.25) is 0 Å². The molecular weight excluding hydrogens is 384 g/mol. The fourth-order valence-corrected chi connectivity index (χ4v) is 3.67. The number of rotatable bonds is 5. The molecule has 2 aliphatic heterocycles. The van der Waals surface area contributed by atoms with Crippen molar-refractivity contribution in [2.75, 3.05) is 18.7 Å². The number of imide groups is 1. The number of nitrogens with one attached hydrogen (secondary N) is 2. The van der Waals surface area contributed by atoms with Crippen LogP contribution in [-0.4, -0.2) is 46.6 Å². The van der Waals surface area contributed by atoms with E-state index in [1.165, 1.54) is 11.3 Å². The number of aromatic nitrogens is 1. The van der Waals surface area contributed by atoms with Gasteiger partial charge in [-0.05, 0) is 32.0 Å². The molecule has 2 aromatic rings. The minimum Gasteiger partial charge on any atom is -0.454 e. The Hall–Kier alpha value is -3.14. The monoisotopic (exact) mass is 402 g/mol. The van der Waals surface area contributed by atoms with Crippen molar-refractivity contribution in [2.45, 2.75) is 25.8 Å². The first kappa shape index (κ1) is 18.2. The molecule has 0 saturated carbocycles. The van der Waals surface area contributed by atoms with Crippen LogP contribution < -0.4 is 20.1 Å². The molecular formula is C18H18N4O5S. The highest BCUT2D eigenvalue weighted by molar-refractivity contribution is 7.14. The van der Waals surface area contributed by atoms with Gasteiger partial charge in [-0.1, -0.05) is 0 Å². The van der Waals surface area contributed by atoms with Crippen molar-refractivity contribution >= 4 is 34.3 Å². The van der Waals surface area contributed by atoms with E-state index in [-0.39, 0.29) is 31.6 Å². The van der Waals surface area contributed by atoms with E-state index in [0.717, 1.165) is 10.5 Å². The molecule has 9 nitrogen and oxygen atoms in total. The van der Waals surface area contributed by atoms with Gasteiger partial charge in [0.05, 0.1) is 5.69 Å². The number of nitrogens with zero attached hydrogens (tertiary/aromatic N) is 2. The zero-order valence-electron chi connectivity index (χ0n) is 15.3. The Morgan fingerprint density at radius 2 is 2.11 bits per heavy atom. The molecule has 1 aromatic carbocycles. The van der Waals surface area contributed by atoms with Crippen molar-refractivity contribution in [3.05, 3.63) is 23.6 Å². The van der Waals surface area contributed by atoms with Crippen molar-refractivity contribution < 1.29 is 23.9 Å². The highest BCUT2D eigenvalue weighted by Crippen LogP contribution is 2.36. The van der Waals surface area contributed by atoms with Crippen LogP contribution in [-0.2, 0) is 9.59 Å². The number of carbonyl (C=O) groups excluding carboxylic acids is 3. The SMILES string of the molecule is CC1(C)NC(=O)N(CCC(=O)Nc2nc(-c3ccc4c(c3)OCO4)cs2)C1=O. The third-order valence-electron chi connectivity index (χ3n) is 4.43. The van der Waals surface area contributed by atoms with Crippen molar-refractivity contribution in [3.8, 4) is 22.8 Å². The fourth-order valence-electron chi connectivity index (χ4n) is 2.94. The summed E-state index contributed by atoms with van der Waals surface area (Å²) >= 11 is 1.29.